The molecular formula is C16H16BrN3O3. The quantitative estimate of drug-likeness (QED) is 0.770. The van der Waals surface area contributed by atoms with E-state index >= 15 is 0 Å². The standard InChI is InChI=1S/C16H16BrN3O3/c1-9-18-13-10(5-3-6-11(13)17)14(22)20(9)16(2)8-4-7-12(21)19-15(16)23/h3,5-6H,4,7-8H2,1-2H3,(H,19,21,23). The summed E-state index contributed by atoms with van der Waals surface area (Å²) in [4.78, 5) is 41.6. The van der Waals surface area contributed by atoms with Gasteiger partial charge in [-0.2, -0.15) is 0 Å². The second kappa shape index (κ2) is 5.56. The Bertz CT molecular complexity index is 890. The minimum atomic E-state index is -1.13. The van der Waals surface area contributed by atoms with Crippen LogP contribution in [0.25, 0.3) is 10.9 Å². The lowest BCUT2D eigenvalue weighted by Crippen LogP contribution is -2.51. The van der Waals surface area contributed by atoms with Gasteiger partial charge in [-0.1, -0.05) is 6.07 Å². The number of rotatable bonds is 1. The van der Waals surface area contributed by atoms with Gasteiger partial charge in [0.25, 0.3) is 11.5 Å². The zero-order valence-corrected chi connectivity index (χ0v) is 14.4. The highest BCUT2D eigenvalue weighted by molar-refractivity contribution is 9.10. The number of carbonyl (C=O) groups excluding carboxylic acids is 2. The lowest BCUT2D eigenvalue weighted by Gasteiger charge is -2.30. The number of fused-ring (bicyclic) bond motifs is 1. The number of hydrogen-bond donors (Lipinski definition) is 1. The molecule has 0 bridgehead atoms. The zero-order valence-electron chi connectivity index (χ0n) is 12.9. The van der Waals surface area contributed by atoms with Crippen molar-refractivity contribution in [3.63, 3.8) is 0 Å². The van der Waals surface area contributed by atoms with Crippen molar-refractivity contribution in [2.75, 3.05) is 0 Å². The van der Waals surface area contributed by atoms with Crippen molar-refractivity contribution in [1.29, 1.82) is 0 Å². The summed E-state index contributed by atoms with van der Waals surface area (Å²) >= 11 is 3.40. The van der Waals surface area contributed by atoms with Crippen LogP contribution in [0.4, 0.5) is 0 Å². The molecule has 1 aliphatic heterocycles. The second-order valence-corrected chi connectivity index (χ2v) is 6.79. The van der Waals surface area contributed by atoms with Gasteiger partial charge in [-0.15, -0.1) is 0 Å². The largest absolute Gasteiger partial charge is 0.294 e. The first-order chi connectivity index (χ1) is 10.8. The minimum Gasteiger partial charge on any atom is -0.294 e. The maximum absolute atomic E-state index is 13.0. The summed E-state index contributed by atoms with van der Waals surface area (Å²) in [7, 11) is 0. The minimum absolute atomic E-state index is 0.277. The highest BCUT2D eigenvalue weighted by Gasteiger charge is 2.40. The molecule has 1 saturated heterocycles. The fourth-order valence-electron chi connectivity index (χ4n) is 3.11. The van der Waals surface area contributed by atoms with Crippen LogP contribution in [-0.2, 0) is 15.1 Å². The Balaban J connectivity index is 2.29. The van der Waals surface area contributed by atoms with Gasteiger partial charge in [0.1, 0.15) is 11.4 Å². The van der Waals surface area contributed by atoms with E-state index < -0.39 is 11.4 Å². The molecule has 1 unspecified atom stereocenters. The van der Waals surface area contributed by atoms with Crippen LogP contribution >= 0.6 is 15.9 Å². The van der Waals surface area contributed by atoms with Gasteiger partial charge in [0.2, 0.25) is 5.91 Å². The molecule has 6 nitrogen and oxygen atoms in total. The molecule has 1 aliphatic rings. The van der Waals surface area contributed by atoms with Gasteiger partial charge in [-0.05, 0) is 54.8 Å². The molecule has 0 radical (unpaired) electrons. The van der Waals surface area contributed by atoms with E-state index in [0.29, 0.717) is 29.6 Å². The number of carbonyl (C=O) groups is 2. The van der Waals surface area contributed by atoms with Gasteiger partial charge < -0.3 is 0 Å². The van der Waals surface area contributed by atoms with Gasteiger partial charge in [-0.25, -0.2) is 4.98 Å². The Labute approximate surface area is 141 Å². The van der Waals surface area contributed by atoms with Crippen LogP contribution in [-0.4, -0.2) is 21.4 Å². The Morgan fingerprint density at radius 1 is 1.30 bits per heavy atom. The summed E-state index contributed by atoms with van der Waals surface area (Å²) in [5.74, 6) is -0.316. The average Bonchev–Trinajstić information content (AvgIpc) is 2.60. The third-order valence-corrected chi connectivity index (χ3v) is 4.96. The maximum Gasteiger partial charge on any atom is 0.262 e. The Kier molecular flexibility index (Phi) is 3.83. The van der Waals surface area contributed by atoms with E-state index in [1.54, 1.807) is 26.0 Å². The van der Waals surface area contributed by atoms with Gasteiger partial charge in [-0.3, -0.25) is 24.3 Å². The third kappa shape index (κ3) is 2.49. The summed E-state index contributed by atoms with van der Waals surface area (Å²) in [6, 6.07) is 5.26. The van der Waals surface area contributed by atoms with Gasteiger partial charge in [0.05, 0.1) is 10.9 Å². The summed E-state index contributed by atoms with van der Waals surface area (Å²) in [5.41, 5.74) is -0.836. The molecule has 7 heteroatoms. The Morgan fingerprint density at radius 3 is 2.78 bits per heavy atom. The van der Waals surface area contributed by atoms with Gasteiger partial charge >= 0.3 is 0 Å². The highest BCUT2D eigenvalue weighted by Crippen LogP contribution is 2.28. The Hall–Kier alpha value is -2.02. The van der Waals surface area contributed by atoms with Crippen LogP contribution in [0.1, 0.15) is 32.0 Å². The van der Waals surface area contributed by atoms with Crippen LogP contribution in [0.5, 0.6) is 0 Å². The van der Waals surface area contributed by atoms with Crippen LogP contribution in [0.15, 0.2) is 27.5 Å². The first kappa shape index (κ1) is 15.9. The summed E-state index contributed by atoms with van der Waals surface area (Å²) in [5, 5.41) is 2.81. The van der Waals surface area contributed by atoms with Crippen LogP contribution < -0.4 is 10.9 Å². The van der Waals surface area contributed by atoms with E-state index in [9.17, 15) is 14.4 Å². The number of halogens is 1. The normalized spacial score (nSPS) is 22.0. The average molecular weight is 378 g/mol. The molecule has 1 aromatic carbocycles. The molecule has 1 fully saturated rings. The second-order valence-electron chi connectivity index (χ2n) is 5.94. The number of benzene rings is 1. The molecule has 0 aliphatic carbocycles. The molecule has 2 heterocycles. The molecule has 1 N–H and O–H groups in total. The zero-order chi connectivity index (χ0) is 16.8. The van der Waals surface area contributed by atoms with Crippen molar-refractivity contribution in [3.05, 3.63) is 38.9 Å². The van der Waals surface area contributed by atoms with Crippen molar-refractivity contribution in [2.45, 2.75) is 38.6 Å². The number of nitrogens with one attached hydrogen (secondary N) is 1. The Morgan fingerprint density at radius 2 is 2.04 bits per heavy atom. The monoisotopic (exact) mass is 377 g/mol. The SMILES string of the molecule is Cc1nc2c(Br)cccc2c(=O)n1C1(C)CCCC(=O)NC1=O. The van der Waals surface area contributed by atoms with Crippen LogP contribution in [0.3, 0.4) is 0 Å². The van der Waals surface area contributed by atoms with E-state index in [0.717, 1.165) is 4.47 Å². The van der Waals surface area contributed by atoms with Crippen molar-refractivity contribution >= 4 is 38.6 Å². The van der Waals surface area contributed by atoms with E-state index in [2.05, 4.69) is 26.2 Å². The molecule has 3 rings (SSSR count). The molecule has 1 aromatic heterocycles. The molecule has 120 valence electrons. The number of aryl methyl sites for hydroxylation is 1. The van der Waals surface area contributed by atoms with Gasteiger partial charge in [0, 0.05) is 10.9 Å². The molecule has 23 heavy (non-hydrogen) atoms. The number of aromatic nitrogens is 2. The molecular weight excluding hydrogens is 362 g/mol. The third-order valence-electron chi connectivity index (χ3n) is 4.32. The van der Waals surface area contributed by atoms with Gasteiger partial charge in [0.15, 0.2) is 0 Å². The predicted octanol–water partition coefficient (Wildman–Crippen LogP) is 2.01. The van der Waals surface area contributed by atoms with E-state index in [1.165, 1.54) is 4.57 Å². The first-order valence-corrected chi connectivity index (χ1v) is 8.16. The van der Waals surface area contributed by atoms with Crippen LogP contribution in [0.2, 0.25) is 0 Å². The fourth-order valence-corrected chi connectivity index (χ4v) is 3.56. The summed E-state index contributed by atoms with van der Waals surface area (Å²) in [6.07, 6.45) is 1.23. The number of hydrogen-bond acceptors (Lipinski definition) is 4. The van der Waals surface area contributed by atoms with E-state index in [4.69, 9.17) is 0 Å². The highest BCUT2D eigenvalue weighted by atomic mass is 79.9. The molecule has 0 spiro atoms. The summed E-state index contributed by atoms with van der Waals surface area (Å²) in [6.45, 7) is 3.38. The summed E-state index contributed by atoms with van der Waals surface area (Å²) < 4.78 is 2.14. The van der Waals surface area contributed by atoms with Crippen molar-refractivity contribution in [2.24, 2.45) is 0 Å². The topological polar surface area (TPSA) is 81.1 Å². The van der Waals surface area contributed by atoms with Crippen LogP contribution in [0, 0.1) is 6.92 Å². The molecule has 0 saturated carbocycles. The molecule has 2 amide bonds. The maximum atomic E-state index is 13.0. The van der Waals surface area contributed by atoms with E-state index in [-0.39, 0.29) is 17.9 Å². The smallest absolute Gasteiger partial charge is 0.262 e. The lowest BCUT2D eigenvalue weighted by molar-refractivity contribution is -0.134. The number of amides is 2. The number of para-hydroxylation sites is 1. The first-order valence-electron chi connectivity index (χ1n) is 7.37. The lowest BCUT2D eigenvalue weighted by atomic mass is 9.94. The molecule has 2 aromatic rings. The fraction of sp³-hybridized carbons (Fsp3) is 0.375. The van der Waals surface area contributed by atoms with Crippen molar-refractivity contribution in [1.82, 2.24) is 14.9 Å². The van der Waals surface area contributed by atoms with Crippen molar-refractivity contribution < 1.29 is 9.59 Å². The van der Waals surface area contributed by atoms with Crippen molar-refractivity contribution in [3.8, 4) is 0 Å². The predicted molar refractivity (Wildman–Crippen MR) is 89.1 cm³/mol. The van der Waals surface area contributed by atoms with E-state index in [1.807, 2.05) is 6.07 Å². The number of nitrogens with zero attached hydrogens (tertiary/aromatic N) is 2. The molecule has 1 atom stereocenters. The number of imide groups is 1.